The van der Waals surface area contributed by atoms with E-state index in [1.54, 1.807) is 0 Å². The summed E-state index contributed by atoms with van der Waals surface area (Å²) in [4.78, 5) is 22.2. The molecule has 0 saturated heterocycles. The van der Waals surface area contributed by atoms with Crippen molar-refractivity contribution in [3.63, 3.8) is 0 Å². The van der Waals surface area contributed by atoms with E-state index in [4.69, 9.17) is 0 Å². The maximum atomic E-state index is 11.5. The first-order chi connectivity index (χ1) is 7.16. The Balaban J connectivity index is 1.90. The molecule has 1 saturated carbocycles. The minimum atomic E-state index is -0.303. The number of nitrogens with zero attached hydrogens (tertiary/aromatic N) is 1. The Labute approximate surface area is 86.9 Å². The average molecular weight is 207 g/mol. The van der Waals surface area contributed by atoms with Gasteiger partial charge in [0, 0.05) is 12.6 Å². The van der Waals surface area contributed by atoms with Crippen LogP contribution in [0.4, 0.5) is 0 Å². The molecule has 0 aliphatic heterocycles. The monoisotopic (exact) mass is 207 g/mol. The second kappa shape index (κ2) is 3.84. The van der Waals surface area contributed by atoms with Crippen molar-refractivity contribution >= 4 is 5.91 Å². The Morgan fingerprint density at radius 1 is 1.67 bits per heavy atom. The smallest absolute Gasteiger partial charge is 0.271 e. The van der Waals surface area contributed by atoms with Crippen molar-refractivity contribution in [2.75, 3.05) is 6.54 Å². The minimum Gasteiger partial charge on any atom is -0.350 e. The number of carbonyl (C=O) groups excluding carboxylic acids is 1. The second-order valence-electron chi connectivity index (χ2n) is 3.99. The highest BCUT2D eigenvalue weighted by atomic mass is 16.2. The quantitative estimate of drug-likeness (QED) is 0.741. The van der Waals surface area contributed by atoms with E-state index < -0.39 is 0 Å². The zero-order valence-electron chi connectivity index (χ0n) is 8.49. The molecule has 80 valence electrons. The van der Waals surface area contributed by atoms with Crippen LogP contribution in [-0.4, -0.2) is 22.6 Å². The maximum absolute atomic E-state index is 11.5. The lowest BCUT2D eigenvalue weighted by atomic mass is 10.3. The molecule has 5 heteroatoms. The van der Waals surface area contributed by atoms with Gasteiger partial charge in [-0.15, -0.1) is 0 Å². The van der Waals surface area contributed by atoms with Crippen molar-refractivity contribution in [1.29, 1.82) is 0 Å². The van der Waals surface area contributed by atoms with Crippen LogP contribution in [0.1, 0.15) is 23.8 Å². The highest BCUT2D eigenvalue weighted by Gasteiger charge is 2.32. The molecule has 2 atom stereocenters. The fourth-order valence-corrected chi connectivity index (χ4v) is 1.47. The molecule has 1 fully saturated rings. The molecule has 1 aromatic rings. The zero-order chi connectivity index (χ0) is 10.8. The van der Waals surface area contributed by atoms with Crippen molar-refractivity contribution < 1.29 is 4.79 Å². The first-order valence-corrected chi connectivity index (χ1v) is 5.01. The van der Waals surface area contributed by atoms with Gasteiger partial charge >= 0.3 is 0 Å². The molecule has 1 heterocycles. The van der Waals surface area contributed by atoms with E-state index in [0.717, 1.165) is 0 Å². The number of amides is 1. The van der Waals surface area contributed by atoms with Crippen LogP contribution >= 0.6 is 0 Å². The van der Waals surface area contributed by atoms with Crippen LogP contribution in [0.3, 0.4) is 0 Å². The topological polar surface area (TPSA) is 74.8 Å². The number of aromatic amines is 1. The molecule has 5 nitrogen and oxygen atoms in total. The zero-order valence-corrected chi connectivity index (χ0v) is 8.49. The summed E-state index contributed by atoms with van der Waals surface area (Å²) in [5.41, 5.74) is -0.0507. The minimum absolute atomic E-state index is 0.231. The van der Waals surface area contributed by atoms with E-state index in [9.17, 15) is 9.59 Å². The summed E-state index contributed by atoms with van der Waals surface area (Å²) in [5, 5.41) is 8.66. The van der Waals surface area contributed by atoms with Gasteiger partial charge in [-0.3, -0.25) is 9.59 Å². The van der Waals surface area contributed by atoms with Crippen LogP contribution in [0.25, 0.3) is 0 Å². The van der Waals surface area contributed by atoms with E-state index in [2.05, 4.69) is 22.4 Å². The third-order valence-corrected chi connectivity index (χ3v) is 2.71. The predicted molar refractivity (Wildman–Crippen MR) is 54.5 cm³/mol. The van der Waals surface area contributed by atoms with Crippen LogP contribution in [0.15, 0.2) is 16.9 Å². The van der Waals surface area contributed by atoms with E-state index >= 15 is 0 Å². The van der Waals surface area contributed by atoms with Gasteiger partial charge in [0.05, 0.1) is 0 Å². The fourth-order valence-electron chi connectivity index (χ4n) is 1.47. The van der Waals surface area contributed by atoms with Crippen molar-refractivity contribution in [2.24, 2.45) is 11.8 Å². The second-order valence-corrected chi connectivity index (χ2v) is 3.99. The van der Waals surface area contributed by atoms with Gasteiger partial charge in [-0.25, -0.2) is 5.10 Å². The summed E-state index contributed by atoms with van der Waals surface area (Å²) in [5.74, 6) is 1.09. The highest BCUT2D eigenvalue weighted by molar-refractivity contribution is 5.91. The van der Waals surface area contributed by atoms with Crippen molar-refractivity contribution in [3.8, 4) is 0 Å². The number of carbonyl (C=O) groups is 1. The van der Waals surface area contributed by atoms with Crippen molar-refractivity contribution in [2.45, 2.75) is 13.3 Å². The van der Waals surface area contributed by atoms with Gasteiger partial charge in [0.25, 0.3) is 11.5 Å². The fraction of sp³-hybridized carbons (Fsp3) is 0.500. The number of rotatable bonds is 3. The molecule has 2 rings (SSSR count). The molecule has 0 radical (unpaired) electrons. The number of aromatic nitrogens is 2. The SMILES string of the molecule is C[C@H]1C[C@H]1CNC(=O)c1ccc(=O)[nH]n1. The summed E-state index contributed by atoms with van der Waals surface area (Å²) < 4.78 is 0. The van der Waals surface area contributed by atoms with E-state index in [-0.39, 0.29) is 17.2 Å². The van der Waals surface area contributed by atoms with Crippen LogP contribution in [0.2, 0.25) is 0 Å². The Kier molecular flexibility index (Phi) is 2.53. The molecule has 15 heavy (non-hydrogen) atoms. The van der Waals surface area contributed by atoms with E-state index in [1.165, 1.54) is 18.6 Å². The maximum Gasteiger partial charge on any atom is 0.271 e. The molecule has 2 N–H and O–H groups in total. The molecule has 0 bridgehead atoms. The van der Waals surface area contributed by atoms with Crippen molar-refractivity contribution in [1.82, 2.24) is 15.5 Å². The van der Waals surface area contributed by atoms with Crippen LogP contribution in [0, 0.1) is 11.8 Å². The molecule has 1 aromatic heterocycles. The molecule has 1 aliphatic carbocycles. The normalized spacial score (nSPS) is 23.5. The standard InChI is InChI=1S/C10H13N3O2/c1-6-4-7(6)5-11-10(15)8-2-3-9(14)13-12-8/h2-3,6-7H,4-5H2,1H3,(H,11,15)(H,13,14)/t6-,7-/m0/s1. The molecule has 0 unspecified atom stereocenters. The third kappa shape index (κ3) is 2.43. The predicted octanol–water partition coefficient (Wildman–Crippen LogP) is 0.156. The number of hydrogen-bond acceptors (Lipinski definition) is 3. The molecule has 0 spiro atoms. The number of H-pyrrole nitrogens is 1. The van der Waals surface area contributed by atoms with E-state index in [0.29, 0.717) is 18.4 Å². The summed E-state index contributed by atoms with van der Waals surface area (Å²) in [6, 6.07) is 2.71. The Morgan fingerprint density at radius 2 is 2.40 bits per heavy atom. The first-order valence-electron chi connectivity index (χ1n) is 5.01. The van der Waals surface area contributed by atoms with Gasteiger partial charge in [0.1, 0.15) is 5.69 Å². The Morgan fingerprint density at radius 3 is 2.93 bits per heavy atom. The van der Waals surface area contributed by atoms with Gasteiger partial charge in [0.15, 0.2) is 0 Å². The molecular weight excluding hydrogens is 194 g/mol. The van der Waals surface area contributed by atoms with Gasteiger partial charge in [-0.05, 0) is 24.3 Å². The molecular formula is C10H13N3O2. The van der Waals surface area contributed by atoms with Crippen LogP contribution in [-0.2, 0) is 0 Å². The summed E-state index contributed by atoms with van der Waals surface area (Å²) >= 11 is 0. The third-order valence-electron chi connectivity index (χ3n) is 2.71. The van der Waals surface area contributed by atoms with Gasteiger partial charge in [-0.2, -0.15) is 5.10 Å². The van der Waals surface area contributed by atoms with Gasteiger partial charge < -0.3 is 5.32 Å². The first kappa shape index (κ1) is 9.89. The lowest BCUT2D eigenvalue weighted by Crippen LogP contribution is -2.27. The summed E-state index contributed by atoms with van der Waals surface area (Å²) in [6.07, 6.45) is 1.18. The van der Waals surface area contributed by atoms with Crippen LogP contribution in [0.5, 0.6) is 0 Å². The lowest BCUT2D eigenvalue weighted by Gasteiger charge is -2.02. The average Bonchev–Trinajstić information content (AvgIpc) is 2.92. The largest absolute Gasteiger partial charge is 0.350 e. The summed E-state index contributed by atoms with van der Waals surface area (Å²) in [7, 11) is 0. The Bertz CT molecular complexity index is 406. The van der Waals surface area contributed by atoms with Crippen LogP contribution < -0.4 is 10.9 Å². The number of hydrogen-bond donors (Lipinski definition) is 2. The van der Waals surface area contributed by atoms with E-state index in [1.807, 2.05) is 0 Å². The van der Waals surface area contributed by atoms with Crippen molar-refractivity contribution in [3.05, 3.63) is 28.2 Å². The lowest BCUT2D eigenvalue weighted by molar-refractivity contribution is 0.0945. The van der Waals surface area contributed by atoms with Gasteiger partial charge in [0.2, 0.25) is 0 Å². The summed E-state index contributed by atoms with van der Waals surface area (Å²) in [6.45, 7) is 2.86. The Hall–Kier alpha value is -1.65. The highest BCUT2D eigenvalue weighted by Crippen LogP contribution is 2.36. The van der Waals surface area contributed by atoms with Gasteiger partial charge in [-0.1, -0.05) is 6.92 Å². The number of nitrogens with one attached hydrogen (secondary N) is 2. The molecule has 0 aromatic carbocycles. The molecule has 1 amide bonds. The molecule has 1 aliphatic rings.